The number of aliphatic hydroxyl groups excluding tert-OH is 1. The third-order valence-corrected chi connectivity index (χ3v) is 3.34. The molecule has 1 heterocycles. The number of rotatable bonds is 8. The monoisotopic (exact) mass is 254 g/mol. The molecule has 0 fully saturated rings. The number of ether oxygens (including phenoxy) is 1. The Morgan fingerprint density at radius 1 is 1.33 bits per heavy atom. The Kier molecular flexibility index (Phi) is 6.36. The first-order chi connectivity index (χ1) is 8.62. The van der Waals surface area contributed by atoms with Crippen molar-refractivity contribution in [3.05, 3.63) is 18.0 Å². The maximum atomic E-state index is 10.1. The number of hydrogen-bond acceptors (Lipinski definition) is 3. The second-order valence-corrected chi connectivity index (χ2v) is 4.72. The summed E-state index contributed by atoms with van der Waals surface area (Å²) in [6, 6.07) is 2.39. The van der Waals surface area contributed by atoms with Gasteiger partial charge in [-0.15, -0.1) is 0 Å². The van der Waals surface area contributed by atoms with E-state index in [4.69, 9.17) is 4.74 Å². The second-order valence-electron chi connectivity index (χ2n) is 4.72. The van der Waals surface area contributed by atoms with Crippen LogP contribution in [0.5, 0.6) is 0 Å². The van der Waals surface area contributed by atoms with Crippen LogP contribution in [0, 0.1) is 0 Å². The molecule has 0 spiro atoms. The van der Waals surface area contributed by atoms with E-state index in [1.54, 1.807) is 0 Å². The van der Waals surface area contributed by atoms with Gasteiger partial charge in [0, 0.05) is 25.3 Å². The van der Waals surface area contributed by atoms with Crippen LogP contribution >= 0.6 is 0 Å². The second kappa shape index (κ2) is 7.54. The van der Waals surface area contributed by atoms with E-state index in [1.807, 2.05) is 30.8 Å². The highest BCUT2D eigenvalue weighted by Crippen LogP contribution is 2.13. The fraction of sp³-hybridized carbons (Fsp3) is 0.786. The highest BCUT2D eigenvalue weighted by Gasteiger charge is 2.19. The maximum absolute atomic E-state index is 10.1. The number of hydrogen-bond donors (Lipinski definition) is 1. The zero-order chi connectivity index (χ0) is 13.5. The van der Waals surface area contributed by atoms with Gasteiger partial charge < -0.3 is 9.84 Å². The molecule has 104 valence electrons. The van der Waals surface area contributed by atoms with Crippen LogP contribution in [0.2, 0.25) is 0 Å². The lowest BCUT2D eigenvalue weighted by Crippen LogP contribution is -2.30. The van der Waals surface area contributed by atoms with Crippen molar-refractivity contribution in [2.24, 2.45) is 0 Å². The maximum Gasteiger partial charge on any atom is 0.0857 e. The summed E-state index contributed by atoms with van der Waals surface area (Å²) >= 11 is 0. The molecule has 0 amide bonds. The lowest BCUT2D eigenvalue weighted by atomic mass is 10.1. The summed E-state index contributed by atoms with van der Waals surface area (Å²) in [7, 11) is 0. The number of nitrogens with zero attached hydrogens (tertiary/aromatic N) is 2. The van der Waals surface area contributed by atoms with Gasteiger partial charge in [-0.05, 0) is 32.8 Å². The molecule has 1 N–H and O–H groups in total. The molecular formula is C14H26N2O2. The topological polar surface area (TPSA) is 47.3 Å². The molecule has 0 aliphatic carbocycles. The molecule has 4 heteroatoms. The number of aliphatic hydroxyl groups is 1. The first kappa shape index (κ1) is 15.2. The van der Waals surface area contributed by atoms with Crippen molar-refractivity contribution in [1.29, 1.82) is 0 Å². The van der Waals surface area contributed by atoms with Crippen molar-refractivity contribution in [2.75, 3.05) is 6.61 Å². The van der Waals surface area contributed by atoms with E-state index in [2.05, 4.69) is 18.9 Å². The molecule has 0 saturated carbocycles. The Morgan fingerprint density at radius 2 is 2.06 bits per heavy atom. The van der Waals surface area contributed by atoms with Crippen LogP contribution in [0.4, 0.5) is 0 Å². The van der Waals surface area contributed by atoms with Gasteiger partial charge in [0.05, 0.1) is 17.9 Å². The Bertz CT molecular complexity index is 338. The zero-order valence-electron chi connectivity index (χ0n) is 12.0. The SMILES string of the molecule is CCOC(CC)C(O)Cc1ccn(C(C)CC)n1. The van der Waals surface area contributed by atoms with Gasteiger partial charge >= 0.3 is 0 Å². The van der Waals surface area contributed by atoms with Gasteiger partial charge in [0.2, 0.25) is 0 Å². The van der Waals surface area contributed by atoms with E-state index in [9.17, 15) is 5.11 Å². The normalized spacial score (nSPS) is 16.5. The summed E-state index contributed by atoms with van der Waals surface area (Å²) in [5, 5.41) is 14.6. The van der Waals surface area contributed by atoms with Gasteiger partial charge in [0.25, 0.3) is 0 Å². The predicted octanol–water partition coefficient (Wildman–Crippen LogP) is 2.57. The van der Waals surface area contributed by atoms with E-state index in [1.165, 1.54) is 0 Å². The molecule has 3 atom stereocenters. The predicted molar refractivity (Wildman–Crippen MR) is 72.6 cm³/mol. The quantitative estimate of drug-likeness (QED) is 0.775. The third-order valence-electron chi connectivity index (χ3n) is 3.34. The first-order valence-corrected chi connectivity index (χ1v) is 6.95. The van der Waals surface area contributed by atoms with Crippen LogP contribution < -0.4 is 0 Å². The Labute approximate surface area is 110 Å². The van der Waals surface area contributed by atoms with Crippen molar-refractivity contribution in [3.63, 3.8) is 0 Å². The fourth-order valence-corrected chi connectivity index (χ4v) is 1.98. The highest BCUT2D eigenvalue weighted by molar-refractivity contribution is 5.02. The van der Waals surface area contributed by atoms with Crippen molar-refractivity contribution >= 4 is 0 Å². The molecule has 1 rings (SSSR count). The Morgan fingerprint density at radius 3 is 2.61 bits per heavy atom. The van der Waals surface area contributed by atoms with Crippen molar-refractivity contribution in [1.82, 2.24) is 9.78 Å². The van der Waals surface area contributed by atoms with Gasteiger partial charge in [0.15, 0.2) is 0 Å². The van der Waals surface area contributed by atoms with E-state index in [0.29, 0.717) is 19.1 Å². The Hall–Kier alpha value is -0.870. The molecule has 0 bridgehead atoms. The van der Waals surface area contributed by atoms with Gasteiger partial charge in [0.1, 0.15) is 0 Å². The van der Waals surface area contributed by atoms with Crippen molar-refractivity contribution < 1.29 is 9.84 Å². The van der Waals surface area contributed by atoms with Gasteiger partial charge in [-0.25, -0.2) is 0 Å². The van der Waals surface area contributed by atoms with E-state index in [-0.39, 0.29) is 6.10 Å². The summed E-state index contributed by atoms with van der Waals surface area (Å²) in [5.41, 5.74) is 0.931. The lowest BCUT2D eigenvalue weighted by Gasteiger charge is -2.20. The van der Waals surface area contributed by atoms with Crippen LogP contribution in [0.1, 0.15) is 52.3 Å². The minimum absolute atomic E-state index is 0.0938. The lowest BCUT2D eigenvalue weighted by molar-refractivity contribution is -0.0338. The largest absolute Gasteiger partial charge is 0.390 e. The van der Waals surface area contributed by atoms with Crippen LogP contribution in [0.15, 0.2) is 12.3 Å². The highest BCUT2D eigenvalue weighted by atomic mass is 16.5. The molecule has 1 aromatic heterocycles. The molecule has 4 nitrogen and oxygen atoms in total. The minimum atomic E-state index is -0.477. The van der Waals surface area contributed by atoms with Gasteiger partial charge in [-0.1, -0.05) is 13.8 Å². The third kappa shape index (κ3) is 4.10. The van der Waals surface area contributed by atoms with Gasteiger partial charge in [-0.2, -0.15) is 5.10 Å². The molecular weight excluding hydrogens is 228 g/mol. The summed E-state index contributed by atoms with van der Waals surface area (Å²) in [5.74, 6) is 0. The summed E-state index contributed by atoms with van der Waals surface area (Å²) in [6.07, 6.45) is 3.85. The molecule has 0 aliphatic rings. The molecule has 18 heavy (non-hydrogen) atoms. The van der Waals surface area contributed by atoms with Crippen LogP contribution in [0.3, 0.4) is 0 Å². The minimum Gasteiger partial charge on any atom is -0.390 e. The Balaban J connectivity index is 2.58. The van der Waals surface area contributed by atoms with E-state index in [0.717, 1.165) is 18.5 Å². The van der Waals surface area contributed by atoms with Crippen LogP contribution in [-0.4, -0.2) is 33.7 Å². The van der Waals surface area contributed by atoms with Gasteiger partial charge in [-0.3, -0.25) is 4.68 Å². The molecule has 0 saturated heterocycles. The summed E-state index contributed by atoms with van der Waals surface area (Å²) in [4.78, 5) is 0. The molecule has 0 aromatic carbocycles. The number of aromatic nitrogens is 2. The molecule has 0 radical (unpaired) electrons. The van der Waals surface area contributed by atoms with Crippen molar-refractivity contribution in [2.45, 2.75) is 65.2 Å². The molecule has 1 aromatic rings. The van der Waals surface area contributed by atoms with E-state index >= 15 is 0 Å². The van der Waals surface area contributed by atoms with Crippen molar-refractivity contribution in [3.8, 4) is 0 Å². The fourth-order valence-electron chi connectivity index (χ4n) is 1.98. The summed E-state index contributed by atoms with van der Waals surface area (Å²) in [6.45, 7) is 8.90. The average molecular weight is 254 g/mol. The molecule has 0 aliphatic heterocycles. The van der Waals surface area contributed by atoms with Crippen LogP contribution in [-0.2, 0) is 11.2 Å². The summed E-state index contributed by atoms with van der Waals surface area (Å²) < 4.78 is 7.48. The average Bonchev–Trinajstić information content (AvgIpc) is 2.83. The zero-order valence-corrected chi connectivity index (χ0v) is 12.0. The molecule has 3 unspecified atom stereocenters. The first-order valence-electron chi connectivity index (χ1n) is 6.95. The van der Waals surface area contributed by atoms with E-state index < -0.39 is 6.10 Å². The standard InChI is InChI=1S/C14H26N2O2/c1-5-11(4)16-9-8-12(15-16)10-13(17)14(6-2)18-7-3/h8-9,11,13-14,17H,5-7,10H2,1-4H3. The van der Waals surface area contributed by atoms with Crippen LogP contribution in [0.25, 0.3) is 0 Å². The smallest absolute Gasteiger partial charge is 0.0857 e.